The number of urea groups is 1. The van der Waals surface area contributed by atoms with E-state index in [2.05, 4.69) is 15.9 Å². The van der Waals surface area contributed by atoms with Crippen molar-refractivity contribution in [2.24, 2.45) is 11.7 Å². The number of hydrogen-bond donors (Lipinski definition) is 2. The highest BCUT2D eigenvalue weighted by Gasteiger charge is 2.28. The molecule has 1 atom stereocenters. The molecule has 1 rings (SSSR count). The van der Waals surface area contributed by atoms with Crippen molar-refractivity contribution in [3.8, 4) is 0 Å². The molecular formula is C13H14BrFN2O4. The molecule has 0 aliphatic carbocycles. The van der Waals surface area contributed by atoms with Gasteiger partial charge in [0.2, 0.25) is 0 Å². The average Bonchev–Trinajstić information content (AvgIpc) is 2.34. The summed E-state index contributed by atoms with van der Waals surface area (Å²) in [6.45, 7) is 3.27. The van der Waals surface area contributed by atoms with Crippen LogP contribution < -0.4 is 11.1 Å². The van der Waals surface area contributed by atoms with Crippen LogP contribution in [0.25, 0.3) is 0 Å². The normalized spacial score (nSPS) is 11.9. The molecule has 1 aromatic carbocycles. The molecule has 3 N–H and O–H groups in total. The van der Waals surface area contributed by atoms with Crippen LogP contribution in [0, 0.1) is 11.7 Å². The van der Waals surface area contributed by atoms with E-state index in [1.807, 2.05) is 5.32 Å². The standard InChI is InChI=1S/C13H14BrFN2O4/c1-6(2)10(11(18)17-13(16)20)21-12(19)8-4-3-7(15)5-9(8)14/h3-6,10H,1-2H3,(H3,16,17,18,20)/t10-/m0/s1. The molecule has 0 aromatic heterocycles. The first-order chi connectivity index (χ1) is 9.72. The largest absolute Gasteiger partial charge is 0.448 e. The maximum absolute atomic E-state index is 13.0. The van der Waals surface area contributed by atoms with Gasteiger partial charge in [-0.2, -0.15) is 0 Å². The van der Waals surface area contributed by atoms with Crippen LogP contribution in [0.2, 0.25) is 0 Å². The van der Waals surface area contributed by atoms with Gasteiger partial charge in [0.25, 0.3) is 5.91 Å². The van der Waals surface area contributed by atoms with E-state index in [0.717, 1.165) is 12.1 Å². The number of benzene rings is 1. The highest BCUT2D eigenvalue weighted by molar-refractivity contribution is 9.10. The summed E-state index contributed by atoms with van der Waals surface area (Å²) in [5.74, 6) is -2.54. The summed E-state index contributed by atoms with van der Waals surface area (Å²) >= 11 is 3.04. The first-order valence-corrected chi connectivity index (χ1v) is 6.78. The molecule has 0 saturated heterocycles. The van der Waals surface area contributed by atoms with E-state index >= 15 is 0 Å². The van der Waals surface area contributed by atoms with Gasteiger partial charge in [0.15, 0.2) is 6.10 Å². The number of amides is 3. The third-order valence-corrected chi connectivity index (χ3v) is 3.15. The molecule has 0 radical (unpaired) electrons. The molecular weight excluding hydrogens is 347 g/mol. The minimum atomic E-state index is -1.19. The molecule has 114 valence electrons. The number of ether oxygens (including phenoxy) is 1. The molecule has 0 aliphatic heterocycles. The average molecular weight is 361 g/mol. The third-order valence-electron chi connectivity index (χ3n) is 2.50. The van der Waals surface area contributed by atoms with Gasteiger partial charge in [0.1, 0.15) is 5.82 Å². The smallest absolute Gasteiger partial charge is 0.340 e. The molecule has 6 nitrogen and oxygen atoms in total. The summed E-state index contributed by atoms with van der Waals surface area (Å²) in [7, 11) is 0. The van der Waals surface area contributed by atoms with Gasteiger partial charge in [0.05, 0.1) is 5.56 Å². The fourth-order valence-electron chi connectivity index (χ4n) is 1.52. The van der Waals surface area contributed by atoms with E-state index in [1.54, 1.807) is 13.8 Å². The first kappa shape index (κ1) is 17.1. The lowest BCUT2D eigenvalue weighted by atomic mass is 10.1. The SMILES string of the molecule is CC(C)[C@H](OC(=O)c1ccc(F)cc1Br)C(=O)NC(N)=O. The lowest BCUT2D eigenvalue weighted by Crippen LogP contribution is -2.45. The predicted octanol–water partition coefficient (Wildman–Crippen LogP) is 1.96. The second kappa shape index (κ2) is 7.16. The van der Waals surface area contributed by atoms with Crippen molar-refractivity contribution < 1.29 is 23.5 Å². The monoisotopic (exact) mass is 360 g/mol. The summed E-state index contributed by atoms with van der Waals surface area (Å²) < 4.78 is 18.2. The van der Waals surface area contributed by atoms with E-state index in [1.165, 1.54) is 6.07 Å². The Labute approximate surface area is 129 Å². The molecule has 0 fully saturated rings. The predicted molar refractivity (Wildman–Crippen MR) is 75.9 cm³/mol. The number of nitrogens with two attached hydrogens (primary N) is 1. The van der Waals surface area contributed by atoms with E-state index in [0.29, 0.717) is 0 Å². The number of rotatable bonds is 4. The van der Waals surface area contributed by atoms with Crippen LogP contribution in [0.15, 0.2) is 22.7 Å². The highest BCUT2D eigenvalue weighted by atomic mass is 79.9. The van der Waals surface area contributed by atoms with E-state index < -0.39 is 29.8 Å². The molecule has 21 heavy (non-hydrogen) atoms. The topological polar surface area (TPSA) is 98.5 Å². The van der Waals surface area contributed by atoms with Gasteiger partial charge in [-0.25, -0.2) is 14.0 Å². The zero-order valence-electron chi connectivity index (χ0n) is 11.4. The van der Waals surface area contributed by atoms with Crippen molar-refractivity contribution >= 4 is 33.8 Å². The second-order valence-corrected chi connectivity index (χ2v) is 5.40. The van der Waals surface area contributed by atoms with Crippen LogP contribution in [0.3, 0.4) is 0 Å². The van der Waals surface area contributed by atoms with Crippen LogP contribution >= 0.6 is 15.9 Å². The van der Waals surface area contributed by atoms with Crippen LogP contribution in [0.4, 0.5) is 9.18 Å². The highest BCUT2D eigenvalue weighted by Crippen LogP contribution is 2.20. The molecule has 0 heterocycles. The quantitative estimate of drug-likeness (QED) is 0.801. The first-order valence-electron chi connectivity index (χ1n) is 5.98. The van der Waals surface area contributed by atoms with Crippen LogP contribution in [-0.2, 0) is 9.53 Å². The summed E-state index contributed by atoms with van der Waals surface area (Å²) in [6.07, 6.45) is -1.19. The number of primary amides is 1. The molecule has 0 bridgehead atoms. The Morgan fingerprint density at radius 1 is 1.33 bits per heavy atom. The maximum Gasteiger partial charge on any atom is 0.340 e. The molecule has 3 amide bonds. The van der Waals surface area contributed by atoms with Crippen molar-refractivity contribution in [2.75, 3.05) is 0 Å². The zero-order valence-corrected chi connectivity index (χ0v) is 12.9. The number of hydrogen-bond acceptors (Lipinski definition) is 4. The van der Waals surface area contributed by atoms with Gasteiger partial charge in [-0.1, -0.05) is 13.8 Å². The summed E-state index contributed by atoms with van der Waals surface area (Å²) in [6, 6.07) is 2.38. The van der Waals surface area contributed by atoms with E-state index in [4.69, 9.17) is 10.5 Å². The lowest BCUT2D eigenvalue weighted by Gasteiger charge is -2.20. The van der Waals surface area contributed by atoms with Gasteiger partial charge in [-0.15, -0.1) is 0 Å². The number of imide groups is 1. The number of halogens is 2. The molecule has 1 aromatic rings. The Hall–Kier alpha value is -1.96. The van der Waals surface area contributed by atoms with Crippen molar-refractivity contribution in [3.63, 3.8) is 0 Å². The zero-order chi connectivity index (χ0) is 16.2. The molecule has 0 saturated carbocycles. The number of esters is 1. The van der Waals surface area contributed by atoms with Crippen molar-refractivity contribution in [1.82, 2.24) is 5.32 Å². The summed E-state index contributed by atoms with van der Waals surface area (Å²) in [5, 5.41) is 1.86. The number of nitrogens with one attached hydrogen (secondary N) is 1. The molecule has 0 aliphatic rings. The number of carbonyl (C=O) groups excluding carboxylic acids is 3. The van der Waals surface area contributed by atoms with Crippen molar-refractivity contribution in [3.05, 3.63) is 34.1 Å². The fourth-order valence-corrected chi connectivity index (χ4v) is 2.03. The van der Waals surface area contributed by atoms with Gasteiger partial charge in [-0.05, 0) is 40.0 Å². The van der Waals surface area contributed by atoms with E-state index in [-0.39, 0.29) is 16.0 Å². The second-order valence-electron chi connectivity index (χ2n) is 4.55. The van der Waals surface area contributed by atoms with Crippen LogP contribution in [0.5, 0.6) is 0 Å². The molecule has 0 spiro atoms. The lowest BCUT2D eigenvalue weighted by molar-refractivity contribution is -0.130. The fraction of sp³-hybridized carbons (Fsp3) is 0.308. The van der Waals surface area contributed by atoms with Crippen molar-refractivity contribution in [2.45, 2.75) is 20.0 Å². The molecule has 8 heteroatoms. The third kappa shape index (κ3) is 4.82. The molecule has 0 unspecified atom stereocenters. The Morgan fingerprint density at radius 2 is 1.95 bits per heavy atom. The summed E-state index contributed by atoms with van der Waals surface area (Å²) in [5.41, 5.74) is 4.92. The van der Waals surface area contributed by atoms with E-state index in [9.17, 15) is 18.8 Å². The Morgan fingerprint density at radius 3 is 2.43 bits per heavy atom. The van der Waals surface area contributed by atoms with Gasteiger partial charge < -0.3 is 10.5 Å². The Balaban J connectivity index is 2.91. The van der Waals surface area contributed by atoms with Gasteiger partial charge in [-0.3, -0.25) is 10.1 Å². The van der Waals surface area contributed by atoms with Crippen LogP contribution in [0.1, 0.15) is 24.2 Å². The number of carbonyl (C=O) groups is 3. The van der Waals surface area contributed by atoms with Crippen LogP contribution in [-0.4, -0.2) is 24.0 Å². The maximum atomic E-state index is 13.0. The Bertz CT molecular complexity index is 577. The van der Waals surface area contributed by atoms with Gasteiger partial charge in [0, 0.05) is 4.47 Å². The Kier molecular flexibility index (Phi) is 5.83. The summed E-state index contributed by atoms with van der Waals surface area (Å²) in [4.78, 5) is 34.4. The van der Waals surface area contributed by atoms with Crippen molar-refractivity contribution in [1.29, 1.82) is 0 Å². The van der Waals surface area contributed by atoms with Gasteiger partial charge >= 0.3 is 12.0 Å². The minimum absolute atomic E-state index is 0.0638. The minimum Gasteiger partial charge on any atom is -0.448 e.